The molecule has 1 amide bonds. The Hall–Kier alpha value is -3.55. The molecule has 0 bridgehead atoms. The van der Waals surface area contributed by atoms with Crippen molar-refractivity contribution in [2.24, 2.45) is 5.73 Å². The summed E-state index contributed by atoms with van der Waals surface area (Å²) in [5.74, 6) is -0.814. The molecule has 142 valence electrons. The van der Waals surface area contributed by atoms with Crippen LogP contribution in [0, 0.1) is 12.3 Å². The molecule has 27 heavy (non-hydrogen) atoms. The molecule has 8 nitrogen and oxygen atoms in total. The van der Waals surface area contributed by atoms with Gasteiger partial charge in [-0.1, -0.05) is 18.2 Å². The second-order valence-corrected chi connectivity index (χ2v) is 5.90. The molecule has 0 radical (unpaired) electrons. The number of hydrogen-bond acceptors (Lipinski definition) is 5. The molecule has 0 saturated heterocycles. The molecule has 0 aliphatic carbocycles. The third-order valence-corrected chi connectivity index (χ3v) is 3.96. The molecule has 0 fully saturated rings. The average molecular weight is 370 g/mol. The van der Waals surface area contributed by atoms with E-state index in [-0.39, 0.29) is 24.8 Å². The molecule has 2 rings (SSSR count). The van der Waals surface area contributed by atoms with Crippen LogP contribution in [0.15, 0.2) is 36.4 Å². The van der Waals surface area contributed by atoms with Crippen molar-refractivity contribution >= 4 is 23.4 Å². The van der Waals surface area contributed by atoms with Crippen molar-refractivity contribution in [3.8, 4) is 5.75 Å². The van der Waals surface area contributed by atoms with Gasteiger partial charge in [-0.05, 0) is 36.2 Å². The number of carboxylic acid groups (broad SMARTS) is 1. The van der Waals surface area contributed by atoms with Gasteiger partial charge in [0.05, 0.1) is 7.11 Å². The maximum atomic E-state index is 12.4. The number of hydrogen-bond donors (Lipinski definition) is 5. The van der Waals surface area contributed by atoms with Crippen LogP contribution in [-0.4, -0.2) is 36.5 Å². The lowest BCUT2D eigenvalue weighted by Gasteiger charge is -2.14. The van der Waals surface area contributed by atoms with Crippen LogP contribution in [0.3, 0.4) is 0 Å². The second kappa shape index (κ2) is 8.70. The number of ether oxygens (including phenoxy) is 1. The Balaban J connectivity index is 2.17. The summed E-state index contributed by atoms with van der Waals surface area (Å²) >= 11 is 0. The summed E-state index contributed by atoms with van der Waals surface area (Å²) in [6, 6.07) is 10.1. The number of nitrogens with two attached hydrogens (primary N) is 1. The van der Waals surface area contributed by atoms with Crippen molar-refractivity contribution < 1.29 is 19.4 Å². The molecule has 0 aliphatic rings. The number of rotatable bonds is 8. The van der Waals surface area contributed by atoms with Crippen LogP contribution in [0.4, 0.5) is 5.69 Å². The Morgan fingerprint density at radius 1 is 1.19 bits per heavy atom. The first kappa shape index (κ1) is 19.8. The van der Waals surface area contributed by atoms with Gasteiger partial charge in [0, 0.05) is 23.4 Å². The smallest absolute Gasteiger partial charge is 0.322 e. The average Bonchev–Trinajstić information content (AvgIpc) is 2.64. The molecule has 8 heteroatoms. The fourth-order valence-corrected chi connectivity index (χ4v) is 2.47. The van der Waals surface area contributed by atoms with Crippen LogP contribution in [0.5, 0.6) is 5.75 Å². The van der Waals surface area contributed by atoms with E-state index in [1.165, 1.54) is 0 Å². The van der Waals surface area contributed by atoms with Gasteiger partial charge in [-0.25, -0.2) is 0 Å². The summed E-state index contributed by atoms with van der Waals surface area (Å²) in [6.45, 7) is 1.77. The lowest BCUT2D eigenvalue weighted by molar-refractivity contribution is -0.134. The van der Waals surface area contributed by atoms with Crippen LogP contribution in [0.2, 0.25) is 0 Å². The molecule has 0 saturated carbocycles. The minimum atomic E-state index is -1.02. The van der Waals surface area contributed by atoms with Crippen molar-refractivity contribution in [1.82, 2.24) is 5.32 Å². The fraction of sp³-hybridized carbons (Fsp3) is 0.211. The van der Waals surface area contributed by atoms with E-state index in [0.29, 0.717) is 28.1 Å². The SMILES string of the molecule is COc1cc(C(=O)NCc2ccc(C(=N)N)cc2NCC(=O)O)ccc1C. The second-order valence-electron chi connectivity index (χ2n) is 5.90. The van der Waals surface area contributed by atoms with E-state index in [4.69, 9.17) is 21.0 Å². The third kappa shape index (κ3) is 5.21. The topological polar surface area (TPSA) is 138 Å². The Kier molecular flexibility index (Phi) is 6.37. The van der Waals surface area contributed by atoms with E-state index < -0.39 is 5.97 Å². The standard InChI is InChI=1S/C19H22N4O4/c1-11-3-4-13(8-16(11)27-2)19(26)23-9-14-6-5-12(18(20)21)7-15(14)22-10-17(24)25/h3-8,22H,9-10H2,1-2H3,(H3,20,21)(H,23,26)(H,24,25). The van der Waals surface area contributed by atoms with Crippen molar-refractivity contribution in [3.05, 3.63) is 58.7 Å². The van der Waals surface area contributed by atoms with Gasteiger partial charge in [0.15, 0.2) is 0 Å². The Bertz CT molecular complexity index is 880. The number of aryl methyl sites for hydroxylation is 1. The first-order valence-corrected chi connectivity index (χ1v) is 8.17. The van der Waals surface area contributed by atoms with Gasteiger partial charge in [0.1, 0.15) is 18.1 Å². The highest BCUT2D eigenvalue weighted by atomic mass is 16.5. The van der Waals surface area contributed by atoms with Crippen LogP contribution >= 0.6 is 0 Å². The highest BCUT2D eigenvalue weighted by Gasteiger charge is 2.11. The number of carboxylic acids is 1. The predicted molar refractivity (Wildman–Crippen MR) is 102 cm³/mol. The number of methoxy groups -OCH3 is 1. The molecule has 0 heterocycles. The first-order chi connectivity index (χ1) is 12.8. The van der Waals surface area contributed by atoms with Gasteiger partial charge in [-0.3, -0.25) is 15.0 Å². The van der Waals surface area contributed by atoms with Gasteiger partial charge >= 0.3 is 5.97 Å². The van der Waals surface area contributed by atoms with E-state index in [1.807, 2.05) is 6.92 Å². The number of nitrogens with one attached hydrogen (secondary N) is 3. The summed E-state index contributed by atoms with van der Waals surface area (Å²) in [5.41, 5.74) is 8.49. The van der Waals surface area contributed by atoms with Gasteiger partial charge < -0.3 is 26.2 Å². The highest BCUT2D eigenvalue weighted by molar-refractivity contribution is 5.96. The molecule has 0 atom stereocenters. The van der Waals surface area contributed by atoms with Crippen LogP contribution in [0.1, 0.15) is 27.0 Å². The predicted octanol–water partition coefficient (Wildman–Crippen LogP) is 1.71. The Labute approximate surface area is 156 Å². The number of amides is 1. The molecular weight excluding hydrogens is 348 g/mol. The van der Waals surface area contributed by atoms with E-state index in [1.54, 1.807) is 43.5 Å². The van der Waals surface area contributed by atoms with Crippen molar-refractivity contribution in [2.45, 2.75) is 13.5 Å². The largest absolute Gasteiger partial charge is 0.496 e. The molecule has 0 aromatic heterocycles. The maximum absolute atomic E-state index is 12.4. The highest BCUT2D eigenvalue weighted by Crippen LogP contribution is 2.20. The zero-order valence-electron chi connectivity index (χ0n) is 15.1. The van der Waals surface area contributed by atoms with E-state index >= 15 is 0 Å². The summed E-state index contributed by atoms with van der Waals surface area (Å²) in [5, 5.41) is 22.0. The number of carbonyl (C=O) groups is 2. The maximum Gasteiger partial charge on any atom is 0.322 e. The minimum absolute atomic E-state index is 0.129. The van der Waals surface area contributed by atoms with Crippen LogP contribution in [-0.2, 0) is 11.3 Å². The Morgan fingerprint density at radius 3 is 2.52 bits per heavy atom. The molecule has 0 spiro atoms. The van der Waals surface area contributed by atoms with Gasteiger partial charge in [0.2, 0.25) is 0 Å². The number of anilines is 1. The number of benzene rings is 2. The van der Waals surface area contributed by atoms with E-state index in [9.17, 15) is 9.59 Å². The first-order valence-electron chi connectivity index (χ1n) is 8.17. The minimum Gasteiger partial charge on any atom is -0.496 e. The van der Waals surface area contributed by atoms with Crippen LogP contribution in [0.25, 0.3) is 0 Å². The van der Waals surface area contributed by atoms with Crippen molar-refractivity contribution in [3.63, 3.8) is 0 Å². The van der Waals surface area contributed by atoms with Crippen LogP contribution < -0.4 is 21.1 Å². The third-order valence-electron chi connectivity index (χ3n) is 3.96. The van der Waals surface area contributed by atoms with Crippen molar-refractivity contribution in [2.75, 3.05) is 19.0 Å². The molecule has 0 aliphatic heterocycles. The fourth-order valence-electron chi connectivity index (χ4n) is 2.47. The van der Waals surface area contributed by atoms with E-state index in [0.717, 1.165) is 5.56 Å². The normalized spacial score (nSPS) is 10.1. The lowest BCUT2D eigenvalue weighted by atomic mass is 10.1. The monoisotopic (exact) mass is 370 g/mol. The molecular formula is C19H22N4O4. The van der Waals surface area contributed by atoms with Gasteiger partial charge in [-0.2, -0.15) is 0 Å². The van der Waals surface area contributed by atoms with Crippen molar-refractivity contribution in [1.29, 1.82) is 5.41 Å². The number of amidine groups is 1. The molecule has 6 N–H and O–H groups in total. The van der Waals surface area contributed by atoms with E-state index in [2.05, 4.69) is 10.6 Å². The van der Waals surface area contributed by atoms with Gasteiger partial charge in [-0.15, -0.1) is 0 Å². The number of carbonyl (C=O) groups excluding carboxylic acids is 1. The summed E-state index contributed by atoms with van der Waals surface area (Å²) in [7, 11) is 1.54. The van der Waals surface area contributed by atoms with Gasteiger partial charge in [0.25, 0.3) is 5.91 Å². The summed E-state index contributed by atoms with van der Waals surface area (Å²) < 4.78 is 5.23. The zero-order valence-corrected chi connectivity index (χ0v) is 15.1. The number of aliphatic carboxylic acids is 1. The number of nitrogen functional groups attached to an aromatic ring is 1. The summed E-state index contributed by atoms with van der Waals surface area (Å²) in [6.07, 6.45) is 0. The molecule has 2 aromatic carbocycles. The Morgan fingerprint density at radius 2 is 1.89 bits per heavy atom. The quantitative estimate of drug-likeness (QED) is 0.354. The summed E-state index contributed by atoms with van der Waals surface area (Å²) in [4.78, 5) is 23.2. The molecule has 2 aromatic rings. The zero-order chi connectivity index (χ0) is 20.0. The molecule has 0 unspecified atom stereocenters. The lowest BCUT2D eigenvalue weighted by Crippen LogP contribution is -2.24.